The molecule has 0 aliphatic heterocycles. The van der Waals surface area contributed by atoms with E-state index in [1.165, 1.54) is 12.7 Å². The van der Waals surface area contributed by atoms with Gasteiger partial charge in [0.1, 0.15) is 0 Å². The van der Waals surface area contributed by atoms with Crippen molar-refractivity contribution in [3.05, 3.63) is 95.4 Å². The standard InChI is InChI=1S/C24H25NO4/c1-18(12-13-19-8-4-3-5-9-19)25(16-20-14-15-29-17-20)23(26)21-10-6-7-11-22(21)24(27)28-2/h3-11,14-15,17-18H,12-13,16H2,1-2H3/t18-/m1/s1. The first-order valence-corrected chi connectivity index (χ1v) is 9.63. The number of aryl methyl sites for hydroxylation is 1. The molecule has 0 aliphatic carbocycles. The van der Waals surface area contributed by atoms with Crippen LogP contribution >= 0.6 is 0 Å². The molecule has 1 heterocycles. The SMILES string of the molecule is COC(=O)c1ccccc1C(=O)N(Cc1ccoc1)[C@H](C)CCc1ccccc1. The van der Waals surface area contributed by atoms with Crippen molar-refractivity contribution in [1.82, 2.24) is 4.90 Å². The molecule has 0 N–H and O–H groups in total. The van der Waals surface area contributed by atoms with E-state index in [9.17, 15) is 9.59 Å². The van der Waals surface area contributed by atoms with Gasteiger partial charge in [-0.15, -0.1) is 0 Å². The van der Waals surface area contributed by atoms with E-state index in [0.29, 0.717) is 12.1 Å². The van der Waals surface area contributed by atoms with Crippen LogP contribution in [-0.2, 0) is 17.7 Å². The number of carbonyl (C=O) groups excluding carboxylic acids is 2. The molecule has 0 radical (unpaired) electrons. The molecule has 29 heavy (non-hydrogen) atoms. The Morgan fingerprint density at radius 2 is 1.66 bits per heavy atom. The van der Waals surface area contributed by atoms with Gasteiger partial charge in [0.15, 0.2) is 0 Å². The van der Waals surface area contributed by atoms with Gasteiger partial charge in [0.25, 0.3) is 5.91 Å². The van der Waals surface area contributed by atoms with Gasteiger partial charge in [-0.25, -0.2) is 4.79 Å². The van der Waals surface area contributed by atoms with Crippen molar-refractivity contribution in [2.24, 2.45) is 0 Å². The summed E-state index contributed by atoms with van der Waals surface area (Å²) < 4.78 is 10.0. The average Bonchev–Trinajstić information content (AvgIpc) is 3.29. The van der Waals surface area contributed by atoms with Gasteiger partial charge in [-0.2, -0.15) is 0 Å². The highest BCUT2D eigenvalue weighted by molar-refractivity contribution is 6.05. The molecule has 2 aromatic carbocycles. The minimum atomic E-state index is -0.519. The van der Waals surface area contributed by atoms with E-state index in [4.69, 9.17) is 9.15 Å². The summed E-state index contributed by atoms with van der Waals surface area (Å²) in [7, 11) is 1.31. The number of methoxy groups -OCH3 is 1. The van der Waals surface area contributed by atoms with Gasteiger partial charge >= 0.3 is 5.97 Å². The zero-order valence-electron chi connectivity index (χ0n) is 16.7. The van der Waals surface area contributed by atoms with Crippen molar-refractivity contribution in [2.45, 2.75) is 32.4 Å². The molecule has 1 amide bonds. The zero-order chi connectivity index (χ0) is 20.6. The number of amides is 1. The lowest BCUT2D eigenvalue weighted by atomic mass is 10.0. The van der Waals surface area contributed by atoms with Gasteiger partial charge in [0, 0.05) is 18.2 Å². The topological polar surface area (TPSA) is 59.8 Å². The van der Waals surface area contributed by atoms with Gasteiger partial charge in [-0.1, -0.05) is 42.5 Å². The Kier molecular flexibility index (Phi) is 6.85. The Balaban J connectivity index is 1.85. The Bertz CT molecular complexity index is 935. The maximum absolute atomic E-state index is 13.5. The Hall–Kier alpha value is -3.34. The van der Waals surface area contributed by atoms with Gasteiger partial charge in [-0.05, 0) is 43.5 Å². The summed E-state index contributed by atoms with van der Waals surface area (Å²) in [5.74, 6) is -0.720. The number of rotatable bonds is 8. The van der Waals surface area contributed by atoms with Gasteiger partial charge in [0.2, 0.25) is 0 Å². The minimum absolute atomic E-state index is 0.0386. The number of nitrogens with zero attached hydrogens (tertiary/aromatic N) is 1. The summed E-state index contributed by atoms with van der Waals surface area (Å²) in [6, 6.07) is 18.8. The highest BCUT2D eigenvalue weighted by Crippen LogP contribution is 2.20. The first-order valence-electron chi connectivity index (χ1n) is 9.63. The van der Waals surface area contributed by atoms with Crippen LogP contribution in [0.5, 0.6) is 0 Å². The lowest BCUT2D eigenvalue weighted by molar-refractivity contribution is 0.0579. The van der Waals surface area contributed by atoms with E-state index in [0.717, 1.165) is 18.4 Å². The first-order chi connectivity index (χ1) is 14.1. The highest BCUT2D eigenvalue weighted by atomic mass is 16.5. The molecule has 1 atom stereocenters. The number of ether oxygens (including phenoxy) is 1. The largest absolute Gasteiger partial charge is 0.472 e. The van der Waals surface area contributed by atoms with Crippen molar-refractivity contribution in [1.29, 1.82) is 0 Å². The fourth-order valence-corrected chi connectivity index (χ4v) is 3.30. The van der Waals surface area contributed by atoms with E-state index in [1.807, 2.05) is 31.2 Å². The molecule has 0 saturated carbocycles. The molecular formula is C24H25NO4. The van der Waals surface area contributed by atoms with Gasteiger partial charge < -0.3 is 14.1 Å². The maximum Gasteiger partial charge on any atom is 0.338 e. The van der Waals surface area contributed by atoms with E-state index in [2.05, 4.69) is 12.1 Å². The molecular weight excluding hydrogens is 366 g/mol. The van der Waals surface area contributed by atoms with Crippen LogP contribution in [0.4, 0.5) is 0 Å². The third-order valence-electron chi connectivity index (χ3n) is 4.98. The smallest absolute Gasteiger partial charge is 0.338 e. The van der Waals surface area contributed by atoms with Gasteiger partial charge in [-0.3, -0.25) is 4.79 Å². The second-order valence-corrected chi connectivity index (χ2v) is 6.98. The molecule has 1 aromatic heterocycles. The Labute approximate surface area is 170 Å². The summed E-state index contributed by atoms with van der Waals surface area (Å²) in [6.07, 6.45) is 4.88. The monoisotopic (exact) mass is 391 g/mol. The van der Waals surface area contributed by atoms with E-state index in [-0.39, 0.29) is 17.5 Å². The van der Waals surface area contributed by atoms with Crippen LogP contribution in [0.2, 0.25) is 0 Å². The molecule has 3 rings (SSSR count). The molecule has 0 spiro atoms. The predicted octanol–water partition coefficient (Wildman–Crippen LogP) is 4.73. The van der Waals surface area contributed by atoms with Crippen molar-refractivity contribution >= 4 is 11.9 Å². The summed E-state index contributed by atoms with van der Waals surface area (Å²) in [5, 5.41) is 0. The number of hydrogen-bond donors (Lipinski definition) is 0. The quantitative estimate of drug-likeness (QED) is 0.521. The van der Waals surface area contributed by atoms with Crippen LogP contribution in [0, 0.1) is 0 Å². The van der Waals surface area contributed by atoms with Crippen molar-refractivity contribution < 1.29 is 18.7 Å². The number of furan rings is 1. The third-order valence-corrected chi connectivity index (χ3v) is 4.98. The summed E-state index contributed by atoms with van der Waals surface area (Å²) >= 11 is 0. The lowest BCUT2D eigenvalue weighted by Gasteiger charge is -2.30. The molecule has 0 fully saturated rings. The van der Waals surface area contributed by atoms with Crippen LogP contribution in [0.25, 0.3) is 0 Å². The van der Waals surface area contributed by atoms with Crippen LogP contribution in [0.15, 0.2) is 77.6 Å². The molecule has 150 valence electrons. The molecule has 0 aliphatic rings. The maximum atomic E-state index is 13.5. The van der Waals surface area contributed by atoms with Gasteiger partial charge in [0.05, 0.1) is 30.8 Å². The zero-order valence-corrected chi connectivity index (χ0v) is 16.7. The van der Waals surface area contributed by atoms with Crippen molar-refractivity contribution in [3.8, 4) is 0 Å². The van der Waals surface area contributed by atoms with Crippen LogP contribution < -0.4 is 0 Å². The number of benzene rings is 2. The molecule has 5 heteroatoms. The van der Waals surface area contributed by atoms with Crippen LogP contribution in [0.3, 0.4) is 0 Å². The fourth-order valence-electron chi connectivity index (χ4n) is 3.30. The summed E-state index contributed by atoms with van der Waals surface area (Å²) in [4.78, 5) is 27.4. The molecule has 0 bridgehead atoms. The number of carbonyl (C=O) groups is 2. The highest BCUT2D eigenvalue weighted by Gasteiger charge is 2.26. The fraction of sp³-hybridized carbons (Fsp3) is 0.250. The van der Waals surface area contributed by atoms with Crippen LogP contribution in [0.1, 0.15) is 45.2 Å². The van der Waals surface area contributed by atoms with E-state index < -0.39 is 5.97 Å². The summed E-state index contributed by atoms with van der Waals surface area (Å²) in [5.41, 5.74) is 2.74. The Morgan fingerprint density at radius 3 is 2.31 bits per heavy atom. The lowest BCUT2D eigenvalue weighted by Crippen LogP contribution is -2.39. The number of hydrogen-bond acceptors (Lipinski definition) is 4. The second-order valence-electron chi connectivity index (χ2n) is 6.98. The third kappa shape index (κ3) is 5.13. The minimum Gasteiger partial charge on any atom is -0.472 e. The first kappa shape index (κ1) is 20.4. The van der Waals surface area contributed by atoms with Crippen molar-refractivity contribution in [3.63, 3.8) is 0 Å². The molecule has 0 saturated heterocycles. The van der Waals surface area contributed by atoms with Crippen LogP contribution in [-0.4, -0.2) is 29.9 Å². The molecule has 3 aromatic rings. The predicted molar refractivity (Wildman–Crippen MR) is 111 cm³/mol. The summed E-state index contributed by atoms with van der Waals surface area (Å²) in [6.45, 7) is 2.43. The molecule has 5 nitrogen and oxygen atoms in total. The second kappa shape index (κ2) is 9.73. The number of esters is 1. The normalized spacial score (nSPS) is 11.7. The van der Waals surface area contributed by atoms with E-state index >= 15 is 0 Å². The van der Waals surface area contributed by atoms with E-state index in [1.54, 1.807) is 41.7 Å². The average molecular weight is 391 g/mol. The van der Waals surface area contributed by atoms with Crippen molar-refractivity contribution in [2.75, 3.05) is 7.11 Å². The Morgan fingerprint density at radius 1 is 0.966 bits per heavy atom. The molecule has 0 unspecified atom stereocenters.